The van der Waals surface area contributed by atoms with Crippen LogP contribution >= 0.6 is 0 Å². The number of benzene rings is 1. The van der Waals surface area contributed by atoms with Crippen molar-refractivity contribution in [3.05, 3.63) is 42.0 Å². The van der Waals surface area contributed by atoms with Gasteiger partial charge < -0.3 is 23.9 Å². The first kappa shape index (κ1) is 25.0. The van der Waals surface area contributed by atoms with E-state index in [1.807, 2.05) is 24.3 Å². The molecule has 0 N–H and O–H groups in total. The van der Waals surface area contributed by atoms with Crippen molar-refractivity contribution in [1.82, 2.24) is 4.90 Å². The highest BCUT2D eigenvalue weighted by Crippen LogP contribution is 2.12. The van der Waals surface area contributed by atoms with Crippen LogP contribution in [0.3, 0.4) is 0 Å². The molecule has 0 spiro atoms. The first-order valence-corrected chi connectivity index (χ1v) is 10.3. The lowest BCUT2D eigenvalue weighted by Gasteiger charge is -2.18. The maximum absolute atomic E-state index is 12.5. The average molecular weight is 406 g/mol. The number of hydrogen-bond acceptors (Lipinski definition) is 5. The van der Waals surface area contributed by atoms with Crippen LogP contribution in [0.4, 0.5) is 0 Å². The second-order valence-electron chi connectivity index (χ2n) is 6.72. The Morgan fingerprint density at radius 1 is 0.931 bits per heavy atom. The highest BCUT2D eigenvalue weighted by molar-refractivity contribution is 5.97. The van der Waals surface area contributed by atoms with Crippen molar-refractivity contribution in [1.29, 1.82) is 0 Å². The van der Waals surface area contributed by atoms with Crippen molar-refractivity contribution in [3.8, 4) is 0 Å². The minimum atomic E-state index is -0.00688. The van der Waals surface area contributed by atoms with Gasteiger partial charge in [-0.2, -0.15) is 0 Å². The van der Waals surface area contributed by atoms with E-state index in [-0.39, 0.29) is 5.91 Å². The lowest BCUT2D eigenvalue weighted by molar-refractivity contribution is -0.107. The van der Waals surface area contributed by atoms with Gasteiger partial charge in [-0.1, -0.05) is 37.3 Å². The molecule has 0 radical (unpaired) electrons. The van der Waals surface area contributed by atoms with Gasteiger partial charge in [-0.3, -0.25) is 4.79 Å². The summed E-state index contributed by atoms with van der Waals surface area (Å²) >= 11 is 0. The Labute approximate surface area is 174 Å². The minimum Gasteiger partial charge on any atom is -0.379 e. The van der Waals surface area contributed by atoms with Gasteiger partial charge in [0.25, 0.3) is 5.91 Å². The van der Waals surface area contributed by atoms with E-state index in [9.17, 15) is 9.59 Å². The second kappa shape index (κ2) is 16.9. The zero-order chi connectivity index (χ0) is 21.2. The number of rotatable bonds is 18. The number of unbranched alkanes of at least 4 members (excludes halogenated alkanes) is 3. The fourth-order valence-corrected chi connectivity index (χ4v) is 2.73. The van der Waals surface area contributed by atoms with Crippen molar-refractivity contribution in [2.45, 2.75) is 32.1 Å². The van der Waals surface area contributed by atoms with Crippen LogP contribution in [0.15, 0.2) is 30.8 Å². The van der Waals surface area contributed by atoms with Crippen molar-refractivity contribution in [2.75, 3.05) is 53.2 Å². The molecule has 0 saturated heterocycles. The van der Waals surface area contributed by atoms with Gasteiger partial charge in [-0.25, -0.2) is 0 Å². The van der Waals surface area contributed by atoms with E-state index < -0.39 is 0 Å². The average Bonchev–Trinajstić information content (AvgIpc) is 2.75. The highest BCUT2D eigenvalue weighted by atomic mass is 16.5. The van der Waals surface area contributed by atoms with Crippen LogP contribution in [-0.4, -0.2) is 70.3 Å². The van der Waals surface area contributed by atoms with Gasteiger partial charge in [0.1, 0.15) is 6.29 Å². The van der Waals surface area contributed by atoms with Crippen LogP contribution in [0.1, 0.15) is 48.0 Å². The fraction of sp³-hybridized carbons (Fsp3) is 0.565. The fourth-order valence-electron chi connectivity index (χ4n) is 2.73. The molecule has 6 heteroatoms. The maximum atomic E-state index is 12.5. The molecule has 1 amide bonds. The van der Waals surface area contributed by atoms with Crippen LogP contribution in [0.25, 0.3) is 6.08 Å². The Bertz CT molecular complexity index is 590. The number of amides is 1. The number of nitrogens with zero attached hydrogens (tertiary/aromatic N) is 1. The van der Waals surface area contributed by atoms with Gasteiger partial charge in [-0.15, -0.1) is 0 Å². The summed E-state index contributed by atoms with van der Waals surface area (Å²) < 4.78 is 16.5. The summed E-state index contributed by atoms with van der Waals surface area (Å²) in [7, 11) is 1.80. The predicted octanol–water partition coefficient (Wildman–Crippen LogP) is 3.60. The Balaban J connectivity index is 1.96. The van der Waals surface area contributed by atoms with Gasteiger partial charge in [0.05, 0.1) is 26.4 Å². The number of carbonyl (C=O) groups is 2. The third kappa shape index (κ3) is 11.5. The normalized spacial score (nSPS) is 10.7. The highest BCUT2D eigenvalue weighted by Gasteiger charge is 2.13. The second-order valence-corrected chi connectivity index (χ2v) is 6.72. The van der Waals surface area contributed by atoms with E-state index in [0.29, 0.717) is 58.2 Å². The van der Waals surface area contributed by atoms with Gasteiger partial charge >= 0.3 is 0 Å². The molecular weight excluding hydrogens is 370 g/mol. The van der Waals surface area contributed by atoms with E-state index in [1.54, 1.807) is 18.0 Å². The Kier molecular flexibility index (Phi) is 14.6. The summed E-state index contributed by atoms with van der Waals surface area (Å²) in [5.74, 6) is -0.00688. The zero-order valence-electron chi connectivity index (χ0n) is 17.6. The smallest absolute Gasteiger partial charge is 0.254 e. The molecule has 0 aromatic heterocycles. The van der Waals surface area contributed by atoms with E-state index in [2.05, 4.69) is 6.58 Å². The van der Waals surface area contributed by atoms with E-state index in [0.717, 1.165) is 37.5 Å². The topological polar surface area (TPSA) is 65.1 Å². The zero-order valence-corrected chi connectivity index (χ0v) is 17.6. The number of carbonyl (C=O) groups excluding carboxylic acids is 2. The summed E-state index contributed by atoms with van der Waals surface area (Å²) in [5.41, 5.74) is 1.52. The third-order valence-electron chi connectivity index (χ3n) is 4.39. The van der Waals surface area contributed by atoms with Crippen LogP contribution < -0.4 is 0 Å². The Hall–Kier alpha value is -2.02. The summed E-state index contributed by atoms with van der Waals surface area (Å²) in [6.45, 7) is 7.88. The molecule has 0 aliphatic carbocycles. The van der Waals surface area contributed by atoms with E-state index in [4.69, 9.17) is 14.2 Å². The summed E-state index contributed by atoms with van der Waals surface area (Å²) in [6.07, 6.45) is 7.00. The molecule has 0 bridgehead atoms. The SMILES string of the molecule is C=Cc1ccccc1C(=O)N(C)CCCOCCOCCOCCCCCC=O. The van der Waals surface area contributed by atoms with E-state index >= 15 is 0 Å². The number of aldehydes is 1. The monoisotopic (exact) mass is 405 g/mol. The first-order chi connectivity index (χ1) is 14.2. The molecule has 162 valence electrons. The molecule has 1 aromatic rings. The largest absolute Gasteiger partial charge is 0.379 e. The molecule has 0 heterocycles. The van der Waals surface area contributed by atoms with Crippen molar-refractivity contribution in [2.24, 2.45) is 0 Å². The predicted molar refractivity (Wildman–Crippen MR) is 115 cm³/mol. The lowest BCUT2D eigenvalue weighted by Crippen LogP contribution is -2.29. The molecule has 0 aliphatic rings. The summed E-state index contributed by atoms with van der Waals surface area (Å²) in [4.78, 5) is 24.4. The van der Waals surface area contributed by atoms with Crippen LogP contribution in [0.2, 0.25) is 0 Å². The molecule has 29 heavy (non-hydrogen) atoms. The van der Waals surface area contributed by atoms with Gasteiger partial charge in [0.2, 0.25) is 0 Å². The molecule has 0 saturated carbocycles. The Morgan fingerprint density at radius 3 is 2.21 bits per heavy atom. The lowest BCUT2D eigenvalue weighted by atomic mass is 10.1. The van der Waals surface area contributed by atoms with Crippen LogP contribution in [-0.2, 0) is 19.0 Å². The molecule has 0 aliphatic heterocycles. The Morgan fingerprint density at radius 2 is 1.55 bits per heavy atom. The summed E-state index contributed by atoms with van der Waals surface area (Å²) in [5, 5.41) is 0. The van der Waals surface area contributed by atoms with Gasteiger partial charge in [-0.05, 0) is 30.9 Å². The molecule has 1 aromatic carbocycles. The summed E-state index contributed by atoms with van der Waals surface area (Å²) in [6, 6.07) is 7.46. The maximum Gasteiger partial charge on any atom is 0.254 e. The first-order valence-electron chi connectivity index (χ1n) is 10.3. The number of ether oxygens (including phenoxy) is 3. The van der Waals surface area contributed by atoms with Crippen LogP contribution in [0, 0.1) is 0 Å². The molecule has 0 fully saturated rings. The van der Waals surface area contributed by atoms with Crippen LogP contribution in [0.5, 0.6) is 0 Å². The quantitative estimate of drug-likeness (QED) is 0.276. The van der Waals surface area contributed by atoms with Crippen molar-refractivity contribution < 1.29 is 23.8 Å². The number of hydrogen-bond donors (Lipinski definition) is 0. The standard InChI is InChI=1S/C23H35NO5/c1-3-21-11-6-7-12-22(21)23(26)24(2)13-10-16-28-18-20-29-19-17-27-15-9-5-4-8-14-25/h3,6-7,11-12,14H,1,4-5,8-10,13,15-20H2,2H3. The van der Waals surface area contributed by atoms with Gasteiger partial charge in [0, 0.05) is 38.8 Å². The van der Waals surface area contributed by atoms with Crippen molar-refractivity contribution in [3.63, 3.8) is 0 Å². The van der Waals surface area contributed by atoms with E-state index in [1.165, 1.54) is 0 Å². The molecule has 0 atom stereocenters. The molecule has 6 nitrogen and oxygen atoms in total. The van der Waals surface area contributed by atoms with Gasteiger partial charge in [0.15, 0.2) is 0 Å². The third-order valence-corrected chi connectivity index (χ3v) is 4.39. The molecular formula is C23H35NO5. The van der Waals surface area contributed by atoms with Crippen molar-refractivity contribution >= 4 is 18.3 Å². The minimum absolute atomic E-state index is 0.00688. The molecule has 0 unspecified atom stereocenters. The molecule has 1 rings (SSSR count).